The molecule has 9 heteroatoms. The monoisotopic (exact) mass is 1110 g/mol. The van der Waals surface area contributed by atoms with Gasteiger partial charge in [0.15, 0.2) is 0 Å². The van der Waals surface area contributed by atoms with Crippen molar-refractivity contribution in [3.05, 3.63) is 0 Å². The summed E-state index contributed by atoms with van der Waals surface area (Å²) in [4.78, 5) is 0. The smallest absolute Gasteiger partial charge is 0 e. The maximum absolute atomic E-state index is 0. The van der Waals surface area contributed by atoms with Gasteiger partial charge in [0.1, 0.15) is 0 Å². The largest absolute Gasteiger partial charge is 0 e. The third-order valence-corrected chi connectivity index (χ3v) is 0. The van der Waals surface area contributed by atoms with E-state index in [4.69, 9.17) is 0 Å². The molecule has 0 fully saturated rings. The van der Waals surface area contributed by atoms with Crippen LogP contribution in [0.4, 0.5) is 0 Å². The van der Waals surface area contributed by atoms with Crippen LogP contribution in [0.1, 0.15) is 0 Å². The minimum atomic E-state index is 0. The van der Waals surface area contributed by atoms with Gasteiger partial charge in [0.2, 0.25) is 0 Å². The fourth-order valence-corrected chi connectivity index (χ4v) is 0. The van der Waals surface area contributed by atoms with Crippen molar-refractivity contribution < 1.29 is 287 Å². The predicted octanol–water partition coefficient (Wildman–Crippen LogP) is -0.0100. The standard InChI is InChI=1S/5Ce.4Rh. The molecule has 0 aliphatic rings. The molecule has 0 spiro atoms. The van der Waals surface area contributed by atoms with E-state index >= 15 is 0 Å². The average molecular weight is 1110 g/mol. The van der Waals surface area contributed by atoms with Crippen molar-refractivity contribution in [3.63, 3.8) is 0 Å². The SMILES string of the molecule is [Ce].[Ce].[Ce].[Ce].[Ce].[Rh].[Rh].[Rh].[Rh]. The molecule has 0 aliphatic heterocycles. The van der Waals surface area contributed by atoms with E-state index in [-0.39, 0.29) is 287 Å². The maximum Gasteiger partial charge on any atom is 0 e. The molecule has 56 valence electrons. The molecule has 0 saturated heterocycles. The first-order valence-electron chi connectivity index (χ1n) is 0. The van der Waals surface area contributed by atoms with E-state index in [1.165, 1.54) is 0 Å². The van der Waals surface area contributed by atoms with Crippen molar-refractivity contribution in [1.29, 1.82) is 0 Å². The van der Waals surface area contributed by atoms with Gasteiger partial charge in [0.05, 0.1) is 0 Å². The molecule has 0 amide bonds. The van der Waals surface area contributed by atoms with Gasteiger partial charge in [-0.1, -0.05) is 0 Å². The van der Waals surface area contributed by atoms with Gasteiger partial charge in [-0.15, -0.1) is 0 Å². The molecular formula is Ce5Rh4. The topological polar surface area (TPSA) is 0 Å². The molecule has 0 aliphatic carbocycles. The van der Waals surface area contributed by atoms with Gasteiger partial charge in [-0.2, -0.15) is 0 Å². The third kappa shape index (κ3) is 46.7. The van der Waals surface area contributed by atoms with Crippen LogP contribution in [0.3, 0.4) is 0 Å². The van der Waals surface area contributed by atoms with Crippen molar-refractivity contribution in [2.45, 2.75) is 0 Å². The van der Waals surface area contributed by atoms with Crippen LogP contribution in [0.5, 0.6) is 0 Å². The zero-order valence-corrected chi connectivity index (χ0v) is 26.1. The van der Waals surface area contributed by atoms with Crippen LogP contribution in [0.15, 0.2) is 0 Å². The summed E-state index contributed by atoms with van der Waals surface area (Å²) in [5.74, 6) is 0. The zero-order chi connectivity index (χ0) is 0. The van der Waals surface area contributed by atoms with E-state index in [2.05, 4.69) is 0 Å². The van der Waals surface area contributed by atoms with Crippen LogP contribution in [0, 0.1) is 209 Å². The van der Waals surface area contributed by atoms with Crippen molar-refractivity contribution >= 4 is 0 Å². The molecule has 4 radical (unpaired) electrons. The third-order valence-electron chi connectivity index (χ3n) is 0. The minimum Gasteiger partial charge on any atom is 0 e. The molecule has 0 bridgehead atoms. The Morgan fingerprint density at radius 2 is 0.222 bits per heavy atom. The second-order valence-corrected chi connectivity index (χ2v) is 0. The summed E-state index contributed by atoms with van der Waals surface area (Å²) in [6.45, 7) is 0. The molecule has 0 aromatic rings. The maximum atomic E-state index is 0. The Balaban J connectivity index is 0. The van der Waals surface area contributed by atoms with E-state index in [9.17, 15) is 0 Å². The van der Waals surface area contributed by atoms with Crippen LogP contribution < -0.4 is 0 Å². The van der Waals surface area contributed by atoms with Crippen molar-refractivity contribution in [3.8, 4) is 0 Å². The van der Waals surface area contributed by atoms with Gasteiger partial charge in [-0.25, -0.2) is 0 Å². The van der Waals surface area contributed by atoms with Gasteiger partial charge < -0.3 is 0 Å². The summed E-state index contributed by atoms with van der Waals surface area (Å²) < 4.78 is 0. The molecule has 0 N–H and O–H groups in total. The van der Waals surface area contributed by atoms with E-state index < -0.39 is 0 Å². The minimum absolute atomic E-state index is 0. The Labute approximate surface area is 276 Å². The Bertz CT molecular complexity index is 8.92. The summed E-state index contributed by atoms with van der Waals surface area (Å²) in [6.07, 6.45) is 0. The fourth-order valence-electron chi connectivity index (χ4n) is 0. The van der Waals surface area contributed by atoms with Crippen LogP contribution in [-0.4, -0.2) is 0 Å². The summed E-state index contributed by atoms with van der Waals surface area (Å²) in [5, 5.41) is 0. The molecule has 0 heterocycles. The summed E-state index contributed by atoms with van der Waals surface area (Å²) in [6, 6.07) is 0. The zero-order valence-electron chi connectivity index (χ0n) is 3.83. The van der Waals surface area contributed by atoms with Crippen molar-refractivity contribution in [1.82, 2.24) is 0 Å². The fraction of sp³-hybridized carbons (Fsp3) is 0. The Morgan fingerprint density at radius 1 is 0.222 bits per heavy atom. The molecule has 0 unspecified atom stereocenters. The van der Waals surface area contributed by atoms with E-state index in [1.807, 2.05) is 0 Å². The summed E-state index contributed by atoms with van der Waals surface area (Å²) >= 11 is 0. The molecule has 0 rings (SSSR count). The molecule has 0 aromatic carbocycles. The first kappa shape index (κ1) is 63.1. The van der Waals surface area contributed by atoms with Gasteiger partial charge in [-0.05, 0) is 0 Å². The number of hydrogen-bond acceptors (Lipinski definition) is 0. The average Bonchev–Trinajstić information content (AvgIpc) is 0. The number of hydrogen-bond donors (Lipinski definition) is 0. The first-order valence-corrected chi connectivity index (χ1v) is 0. The van der Waals surface area contributed by atoms with Crippen LogP contribution in [0.25, 0.3) is 0 Å². The van der Waals surface area contributed by atoms with Crippen LogP contribution in [0.2, 0.25) is 0 Å². The molecular weight excluding hydrogens is 1110 g/mol. The molecule has 0 nitrogen and oxygen atoms in total. The summed E-state index contributed by atoms with van der Waals surface area (Å²) in [5.41, 5.74) is 0. The molecule has 0 atom stereocenters. The second kappa shape index (κ2) is 53.0. The molecule has 9 heavy (non-hydrogen) atoms. The van der Waals surface area contributed by atoms with Gasteiger partial charge >= 0.3 is 0 Å². The Hall–Kier alpha value is 9.38. The molecule has 0 aromatic heterocycles. The predicted molar refractivity (Wildman–Crippen MR) is 0 cm³/mol. The quantitative estimate of drug-likeness (QED) is 0.300. The Kier molecular flexibility index (Phi) is 372. The van der Waals surface area contributed by atoms with E-state index in [0.717, 1.165) is 0 Å². The van der Waals surface area contributed by atoms with Crippen molar-refractivity contribution in [2.24, 2.45) is 0 Å². The van der Waals surface area contributed by atoms with Crippen molar-refractivity contribution in [2.75, 3.05) is 0 Å². The van der Waals surface area contributed by atoms with Gasteiger partial charge in [-0.3, -0.25) is 0 Å². The van der Waals surface area contributed by atoms with Gasteiger partial charge in [0.25, 0.3) is 0 Å². The molecule has 0 saturated carbocycles. The van der Waals surface area contributed by atoms with Crippen LogP contribution in [-0.2, 0) is 77.9 Å². The van der Waals surface area contributed by atoms with Crippen LogP contribution >= 0.6 is 0 Å². The second-order valence-electron chi connectivity index (χ2n) is 0. The van der Waals surface area contributed by atoms with E-state index in [0.29, 0.717) is 0 Å². The number of rotatable bonds is 0. The van der Waals surface area contributed by atoms with Gasteiger partial charge in [0, 0.05) is 287 Å². The Morgan fingerprint density at radius 3 is 0.222 bits per heavy atom. The summed E-state index contributed by atoms with van der Waals surface area (Å²) in [7, 11) is 0. The normalized spacial score (nSPS) is 0. The first-order chi connectivity index (χ1) is 0. The van der Waals surface area contributed by atoms with E-state index in [1.54, 1.807) is 0 Å².